The molecule has 2 amide bonds. The number of fused-ring (bicyclic) bond motifs is 1. The Morgan fingerprint density at radius 3 is 2.68 bits per heavy atom. The number of thioether (sulfide) groups is 1. The second-order valence-corrected chi connectivity index (χ2v) is 8.22. The molecule has 3 aromatic rings. The topological polar surface area (TPSA) is 148 Å². The zero-order valence-electron chi connectivity index (χ0n) is 18.6. The summed E-state index contributed by atoms with van der Waals surface area (Å²) in [7, 11) is 0. The summed E-state index contributed by atoms with van der Waals surface area (Å²) in [4.78, 5) is 53.1. The molecule has 0 saturated heterocycles. The Bertz CT molecular complexity index is 1280. The van der Waals surface area contributed by atoms with Gasteiger partial charge in [-0.2, -0.15) is 11.8 Å². The van der Waals surface area contributed by atoms with Gasteiger partial charge >= 0.3 is 0 Å². The first-order chi connectivity index (χ1) is 16.3. The minimum atomic E-state index is -0.922. The number of benzene rings is 2. The van der Waals surface area contributed by atoms with Crippen molar-refractivity contribution in [2.45, 2.75) is 25.9 Å². The highest BCUT2D eigenvalue weighted by atomic mass is 32.2. The molecule has 2 aromatic carbocycles. The molecule has 178 valence electrons. The molecule has 1 heterocycles. The van der Waals surface area contributed by atoms with Crippen molar-refractivity contribution < 1.29 is 14.5 Å². The number of carbonyl (C=O) groups excluding carboxylic acids is 2. The largest absolute Gasteiger partial charge is 0.340 e. The third-order valence-electron chi connectivity index (χ3n) is 5.03. The molecule has 0 aliphatic heterocycles. The average molecular weight is 485 g/mol. The van der Waals surface area contributed by atoms with Crippen molar-refractivity contribution in [1.29, 1.82) is 0 Å². The summed E-state index contributed by atoms with van der Waals surface area (Å²) in [5.74, 6) is -0.411. The fraction of sp³-hybridized carbons (Fsp3) is 0.273. The predicted molar refractivity (Wildman–Crippen MR) is 131 cm³/mol. The number of para-hydroxylation sites is 1. The number of aromatic nitrogens is 2. The van der Waals surface area contributed by atoms with Crippen molar-refractivity contribution in [3.63, 3.8) is 0 Å². The number of rotatable bonds is 10. The lowest BCUT2D eigenvalue weighted by Crippen LogP contribution is -2.49. The molecule has 0 fully saturated rings. The van der Waals surface area contributed by atoms with Gasteiger partial charge in [0.1, 0.15) is 6.04 Å². The lowest BCUT2D eigenvalue weighted by atomic mass is 10.1. The molecule has 1 atom stereocenters. The number of carbonyl (C=O) groups is 2. The maximum atomic E-state index is 12.9. The molecule has 0 aliphatic rings. The number of hydrogen-bond donors (Lipinski definition) is 3. The van der Waals surface area contributed by atoms with E-state index in [0.29, 0.717) is 29.6 Å². The zero-order valence-corrected chi connectivity index (χ0v) is 19.4. The van der Waals surface area contributed by atoms with Crippen LogP contribution < -0.4 is 21.7 Å². The Hall–Kier alpha value is -3.93. The van der Waals surface area contributed by atoms with E-state index >= 15 is 0 Å². The van der Waals surface area contributed by atoms with Gasteiger partial charge in [0.15, 0.2) is 0 Å². The predicted octanol–water partition coefficient (Wildman–Crippen LogP) is 2.32. The molecule has 12 heteroatoms. The van der Waals surface area contributed by atoms with Gasteiger partial charge in [0.2, 0.25) is 5.95 Å². The molecule has 0 spiro atoms. The number of hydrazine groups is 1. The molecule has 1 aromatic heterocycles. The Balaban J connectivity index is 1.77. The molecular formula is C22H24N6O5S. The summed E-state index contributed by atoms with van der Waals surface area (Å²) >= 11 is 1.50. The van der Waals surface area contributed by atoms with E-state index < -0.39 is 22.8 Å². The van der Waals surface area contributed by atoms with E-state index in [2.05, 4.69) is 21.2 Å². The number of nitro groups is 1. The van der Waals surface area contributed by atoms with Crippen molar-refractivity contribution in [2.24, 2.45) is 0 Å². The summed E-state index contributed by atoms with van der Waals surface area (Å²) in [6, 6.07) is 11.2. The van der Waals surface area contributed by atoms with Crippen LogP contribution in [-0.2, 0) is 11.3 Å². The Kier molecular flexibility index (Phi) is 8.19. The molecule has 0 aliphatic carbocycles. The van der Waals surface area contributed by atoms with Crippen LogP contribution in [0.2, 0.25) is 0 Å². The quantitative estimate of drug-likeness (QED) is 0.293. The number of non-ortho nitro benzene ring substituents is 1. The van der Waals surface area contributed by atoms with Crippen molar-refractivity contribution >= 4 is 46.1 Å². The minimum Gasteiger partial charge on any atom is -0.340 e. The molecular weight excluding hydrogens is 460 g/mol. The highest BCUT2D eigenvalue weighted by Crippen LogP contribution is 2.14. The van der Waals surface area contributed by atoms with E-state index in [1.54, 1.807) is 31.2 Å². The fourth-order valence-corrected chi connectivity index (χ4v) is 3.74. The Morgan fingerprint density at radius 2 is 1.97 bits per heavy atom. The van der Waals surface area contributed by atoms with Gasteiger partial charge in [-0.3, -0.25) is 39.9 Å². The van der Waals surface area contributed by atoms with Gasteiger partial charge in [0.25, 0.3) is 23.1 Å². The van der Waals surface area contributed by atoms with Gasteiger partial charge in [-0.05, 0) is 43.6 Å². The molecule has 3 rings (SSSR count). The molecule has 0 radical (unpaired) electrons. The first-order valence-corrected chi connectivity index (χ1v) is 11.8. The molecule has 34 heavy (non-hydrogen) atoms. The summed E-state index contributed by atoms with van der Waals surface area (Å²) < 4.78 is 1.39. The Labute approximate surface area is 199 Å². The van der Waals surface area contributed by atoms with Crippen LogP contribution in [0.1, 0.15) is 23.7 Å². The van der Waals surface area contributed by atoms with E-state index in [9.17, 15) is 24.5 Å². The van der Waals surface area contributed by atoms with E-state index in [0.717, 1.165) is 6.07 Å². The average Bonchev–Trinajstić information content (AvgIpc) is 2.85. The summed E-state index contributed by atoms with van der Waals surface area (Å²) in [6.45, 7) is 2.11. The first kappa shape index (κ1) is 24.7. The van der Waals surface area contributed by atoms with E-state index in [-0.39, 0.29) is 22.8 Å². The number of nitro benzene ring substituents is 1. The number of nitrogens with one attached hydrogen (secondary N) is 3. The SMILES string of the molecule is CCn1c(NNC(=O)C(CCSC)NC(=O)c2cccc([N+](=O)[O-])c2)nc2ccccc2c1=O. The molecule has 11 nitrogen and oxygen atoms in total. The van der Waals surface area contributed by atoms with Crippen LogP contribution in [0.15, 0.2) is 53.3 Å². The van der Waals surface area contributed by atoms with E-state index in [1.165, 1.54) is 34.5 Å². The van der Waals surface area contributed by atoms with Crippen molar-refractivity contribution in [3.05, 3.63) is 74.6 Å². The van der Waals surface area contributed by atoms with Crippen LogP contribution in [0.3, 0.4) is 0 Å². The van der Waals surface area contributed by atoms with Crippen molar-refractivity contribution in [1.82, 2.24) is 20.3 Å². The van der Waals surface area contributed by atoms with Crippen molar-refractivity contribution in [3.8, 4) is 0 Å². The van der Waals surface area contributed by atoms with Gasteiger partial charge in [-0.25, -0.2) is 4.98 Å². The molecule has 3 N–H and O–H groups in total. The summed E-state index contributed by atoms with van der Waals surface area (Å²) in [6.07, 6.45) is 2.19. The zero-order chi connectivity index (χ0) is 24.7. The first-order valence-electron chi connectivity index (χ1n) is 10.5. The van der Waals surface area contributed by atoms with E-state index in [4.69, 9.17) is 0 Å². The van der Waals surface area contributed by atoms with Crippen LogP contribution in [-0.4, -0.2) is 44.3 Å². The number of anilines is 1. The van der Waals surface area contributed by atoms with Gasteiger partial charge in [0.05, 0.1) is 15.8 Å². The van der Waals surface area contributed by atoms with Gasteiger partial charge < -0.3 is 5.32 Å². The van der Waals surface area contributed by atoms with Gasteiger partial charge in [-0.15, -0.1) is 0 Å². The maximum Gasteiger partial charge on any atom is 0.270 e. The van der Waals surface area contributed by atoms with E-state index in [1.807, 2.05) is 6.26 Å². The van der Waals surface area contributed by atoms with Crippen molar-refractivity contribution in [2.75, 3.05) is 17.4 Å². The minimum absolute atomic E-state index is 0.0696. The van der Waals surface area contributed by atoms with Crippen LogP contribution >= 0.6 is 11.8 Å². The third kappa shape index (κ3) is 5.70. The molecule has 1 unspecified atom stereocenters. The fourth-order valence-electron chi connectivity index (χ4n) is 3.27. The smallest absolute Gasteiger partial charge is 0.270 e. The highest BCUT2D eigenvalue weighted by Gasteiger charge is 2.22. The van der Waals surface area contributed by atoms with Gasteiger partial charge in [-0.1, -0.05) is 18.2 Å². The number of nitrogens with zero attached hydrogens (tertiary/aromatic N) is 3. The van der Waals surface area contributed by atoms with Crippen LogP contribution in [0.5, 0.6) is 0 Å². The Morgan fingerprint density at radius 1 is 1.21 bits per heavy atom. The van der Waals surface area contributed by atoms with Crippen LogP contribution in [0, 0.1) is 10.1 Å². The lowest BCUT2D eigenvalue weighted by Gasteiger charge is -2.20. The number of hydrogen-bond acceptors (Lipinski definition) is 8. The molecule has 0 saturated carbocycles. The van der Waals surface area contributed by atoms with Crippen LogP contribution in [0.25, 0.3) is 10.9 Å². The number of amides is 2. The highest BCUT2D eigenvalue weighted by molar-refractivity contribution is 7.98. The normalized spacial score (nSPS) is 11.6. The lowest BCUT2D eigenvalue weighted by molar-refractivity contribution is -0.384. The summed E-state index contributed by atoms with van der Waals surface area (Å²) in [5, 5.41) is 14.1. The second-order valence-electron chi connectivity index (χ2n) is 7.23. The van der Waals surface area contributed by atoms with Gasteiger partial charge in [0, 0.05) is 24.2 Å². The molecule has 0 bridgehead atoms. The third-order valence-corrected chi connectivity index (χ3v) is 5.67. The second kappa shape index (κ2) is 11.3. The summed E-state index contributed by atoms with van der Waals surface area (Å²) in [5.41, 5.74) is 5.29. The maximum absolute atomic E-state index is 12.9. The van der Waals surface area contributed by atoms with Crippen LogP contribution in [0.4, 0.5) is 11.6 Å². The standard InChI is InChI=1S/C22H24N6O5S/c1-3-27-21(31)16-9-4-5-10-17(16)24-22(27)26-25-20(30)18(11-12-34-2)23-19(29)14-7-6-8-15(13-14)28(32)33/h4-10,13,18H,3,11-12H2,1-2H3,(H,23,29)(H,24,26)(H,25,30). The monoisotopic (exact) mass is 484 g/mol.